The van der Waals surface area contributed by atoms with Crippen LogP contribution in [0, 0.1) is 6.92 Å². The van der Waals surface area contributed by atoms with Crippen LogP contribution in [0.4, 0.5) is 13.2 Å². The van der Waals surface area contributed by atoms with Crippen LogP contribution < -0.4 is 28.7 Å². The van der Waals surface area contributed by atoms with Gasteiger partial charge in [-0.2, -0.15) is 13.2 Å². The Hall–Kier alpha value is -1.26. The number of carboxylic acids is 1. The first-order chi connectivity index (χ1) is 11.6. The van der Waals surface area contributed by atoms with Gasteiger partial charge in [0, 0.05) is 10.1 Å². The number of carboxylic acid groups (broad SMARTS) is 1. The zero-order valence-electron chi connectivity index (χ0n) is 14.2. The van der Waals surface area contributed by atoms with E-state index in [0.29, 0.717) is 10.6 Å². The number of hydrogen-bond donors (Lipinski definition) is 0. The van der Waals surface area contributed by atoms with Gasteiger partial charge in [-0.3, -0.25) is 0 Å². The first-order valence-corrected chi connectivity index (χ1v) is 8.36. The maximum Gasteiger partial charge on any atom is 1.00 e. The molecule has 3 nitrogen and oxygen atoms in total. The molecule has 0 bridgehead atoms. The minimum absolute atomic E-state index is 0. The van der Waals surface area contributed by atoms with Gasteiger partial charge in [-0.1, -0.05) is 17.7 Å². The first-order valence-electron chi connectivity index (χ1n) is 7.10. The van der Waals surface area contributed by atoms with E-state index in [2.05, 4.69) is 0 Å². The van der Waals surface area contributed by atoms with Gasteiger partial charge < -0.3 is 14.6 Å². The van der Waals surface area contributed by atoms with Crippen molar-refractivity contribution in [1.82, 2.24) is 0 Å². The summed E-state index contributed by atoms with van der Waals surface area (Å²) in [6.07, 6.45) is -4.49. The monoisotopic (exact) mass is 396 g/mol. The normalized spacial score (nSPS) is 12.2. The second kappa shape index (κ2) is 9.09. The summed E-state index contributed by atoms with van der Waals surface area (Å²) in [5, 5.41) is 9.94. The summed E-state index contributed by atoms with van der Waals surface area (Å²) in [4.78, 5) is 11.5. The van der Waals surface area contributed by atoms with Gasteiger partial charge in [0.25, 0.3) is 0 Å². The summed E-state index contributed by atoms with van der Waals surface area (Å²) in [6, 6.07) is 7.76. The van der Waals surface area contributed by atoms with Gasteiger partial charge >= 0.3 is 25.0 Å². The fourth-order valence-electron chi connectivity index (χ4n) is 1.90. The van der Waals surface area contributed by atoms with Gasteiger partial charge in [-0.05, 0) is 49.7 Å². The summed E-state index contributed by atoms with van der Waals surface area (Å²) in [6.45, 7) is 3.30. The van der Waals surface area contributed by atoms with Gasteiger partial charge in [0.1, 0.15) is 11.5 Å². The molecule has 2 aromatic rings. The second-order valence-electron chi connectivity index (χ2n) is 5.25. The van der Waals surface area contributed by atoms with E-state index in [0.717, 1.165) is 35.5 Å². The molecule has 1 atom stereocenters. The predicted octanol–water partition coefficient (Wildman–Crippen LogP) is 1.69. The van der Waals surface area contributed by atoms with Crippen LogP contribution in [0.3, 0.4) is 0 Å². The van der Waals surface area contributed by atoms with E-state index < -0.39 is 23.0 Å². The van der Waals surface area contributed by atoms with Gasteiger partial charge in [0.05, 0.1) is 16.6 Å². The fraction of sp³-hybridized carbons (Fsp3) is 0.235. The van der Waals surface area contributed by atoms with Crippen molar-refractivity contribution in [1.29, 1.82) is 0 Å². The Balaban J connectivity index is 0.00000338. The topological polar surface area (TPSA) is 49.4 Å². The first kappa shape index (κ1) is 22.8. The molecule has 2 aromatic carbocycles. The molecule has 0 saturated heterocycles. The summed E-state index contributed by atoms with van der Waals surface area (Å²) >= 11 is 6.96. The summed E-state index contributed by atoms with van der Waals surface area (Å²) in [5.41, 5.74) is -0.0308. The van der Waals surface area contributed by atoms with Crippen molar-refractivity contribution in [3.05, 3.63) is 52.5 Å². The Morgan fingerprint density at radius 2 is 1.88 bits per heavy atom. The van der Waals surface area contributed by atoms with E-state index in [1.807, 2.05) is 0 Å². The van der Waals surface area contributed by atoms with Crippen molar-refractivity contribution in [2.24, 2.45) is 0 Å². The number of hydrogen-bond acceptors (Lipinski definition) is 4. The Labute approximate surface area is 170 Å². The van der Waals surface area contributed by atoms with Gasteiger partial charge in [0.15, 0.2) is 0 Å². The van der Waals surface area contributed by atoms with Crippen LogP contribution >= 0.6 is 23.4 Å². The SMILES string of the molecule is Cc1ccc(Oc2ccc(C(F)(F)F)cc2Cl)cc1SC(C)C(=O)[O-].[Li+]. The number of aryl methyl sites for hydroxylation is 1. The molecule has 0 fully saturated rings. The zero-order chi connectivity index (χ0) is 18.8. The number of thioether (sulfide) groups is 1. The third kappa shape index (κ3) is 5.88. The maximum absolute atomic E-state index is 12.7. The molecule has 0 heterocycles. The van der Waals surface area contributed by atoms with Crippen LogP contribution in [0.25, 0.3) is 0 Å². The van der Waals surface area contributed by atoms with E-state index >= 15 is 0 Å². The Morgan fingerprint density at radius 3 is 2.42 bits per heavy atom. The third-order valence-electron chi connectivity index (χ3n) is 3.28. The third-order valence-corrected chi connectivity index (χ3v) is 4.82. The minimum atomic E-state index is -4.49. The number of alkyl halides is 3. The predicted molar refractivity (Wildman–Crippen MR) is 88.0 cm³/mol. The Kier molecular flexibility index (Phi) is 7.97. The zero-order valence-corrected chi connectivity index (χ0v) is 15.8. The molecule has 0 N–H and O–H groups in total. The van der Waals surface area contributed by atoms with Gasteiger partial charge in [0.2, 0.25) is 0 Å². The van der Waals surface area contributed by atoms with E-state index in [-0.39, 0.29) is 29.6 Å². The average molecular weight is 397 g/mol. The largest absolute Gasteiger partial charge is 1.00 e. The number of aliphatic carboxylic acids is 1. The second-order valence-corrected chi connectivity index (χ2v) is 7.04. The smallest absolute Gasteiger partial charge is 0.549 e. The van der Waals surface area contributed by atoms with Crippen molar-refractivity contribution >= 4 is 29.3 Å². The summed E-state index contributed by atoms with van der Waals surface area (Å²) in [5.74, 6) is -0.788. The molecule has 0 saturated carbocycles. The van der Waals surface area contributed by atoms with E-state index in [1.165, 1.54) is 6.92 Å². The van der Waals surface area contributed by atoms with Crippen molar-refractivity contribution in [3.8, 4) is 11.5 Å². The maximum atomic E-state index is 12.7. The van der Waals surface area contributed by atoms with Crippen molar-refractivity contribution in [2.75, 3.05) is 0 Å². The number of rotatable bonds is 5. The van der Waals surface area contributed by atoms with Crippen molar-refractivity contribution < 1.29 is 46.7 Å². The van der Waals surface area contributed by atoms with Crippen LogP contribution in [0.5, 0.6) is 11.5 Å². The molecule has 0 aliphatic rings. The Morgan fingerprint density at radius 1 is 1.23 bits per heavy atom. The van der Waals surface area contributed by atoms with Gasteiger partial charge in [-0.25, -0.2) is 0 Å². The summed E-state index contributed by atoms with van der Waals surface area (Å²) < 4.78 is 43.5. The van der Waals surface area contributed by atoms with Crippen LogP contribution in [0.1, 0.15) is 18.1 Å². The molecule has 0 spiro atoms. The number of halogens is 4. The quantitative estimate of drug-likeness (QED) is 0.570. The molecule has 0 aromatic heterocycles. The molecule has 134 valence electrons. The van der Waals surface area contributed by atoms with Crippen molar-refractivity contribution in [2.45, 2.75) is 30.2 Å². The molecule has 0 aliphatic carbocycles. The van der Waals surface area contributed by atoms with Gasteiger partial charge in [-0.15, -0.1) is 11.8 Å². The van der Waals surface area contributed by atoms with E-state index in [1.54, 1.807) is 25.1 Å². The molecule has 2 rings (SSSR count). The van der Waals surface area contributed by atoms with Crippen LogP contribution in [0.15, 0.2) is 41.3 Å². The summed E-state index contributed by atoms with van der Waals surface area (Å²) in [7, 11) is 0. The van der Waals surface area contributed by atoms with Crippen LogP contribution in [-0.4, -0.2) is 11.2 Å². The standard InChI is InChI=1S/C17H14ClF3O3S.Li/c1-9-3-5-12(8-15(9)25-10(2)16(22)23)24-14-6-4-11(7-13(14)18)17(19,20)21;/h3-8,10H,1-2H3,(H,22,23);/q;+1/p-1. The molecular weight excluding hydrogens is 384 g/mol. The molecule has 26 heavy (non-hydrogen) atoms. The fourth-order valence-corrected chi connectivity index (χ4v) is 3.03. The number of carbonyl (C=O) groups excluding carboxylic acids is 1. The number of carbonyl (C=O) groups is 1. The Bertz CT molecular complexity index is 799. The molecule has 0 radical (unpaired) electrons. The molecule has 9 heteroatoms. The number of ether oxygens (including phenoxy) is 1. The van der Waals surface area contributed by atoms with Crippen LogP contribution in [-0.2, 0) is 11.0 Å². The van der Waals surface area contributed by atoms with E-state index in [4.69, 9.17) is 16.3 Å². The molecule has 1 unspecified atom stereocenters. The minimum Gasteiger partial charge on any atom is -0.549 e. The van der Waals surface area contributed by atoms with Crippen LogP contribution in [0.2, 0.25) is 5.02 Å². The molecule has 0 amide bonds. The number of benzene rings is 2. The average Bonchev–Trinajstić information content (AvgIpc) is 2.51. The van der Waals surface area contributed by atoms with E-state index in [9.17, 15) is 23.1 Å². The molecule has 0 aliphatic heterocycles. The molecular formula is C17H13ClF3LiO3S. The van der Waals surface area contributed by atoms with Crippen molar-refractivity contribution in [3.63, 3.8) is 0 Å².